The van der Waals surface area contributed by atoms with Crippen molar-refractivity contribution in [3.05, 3.63) is 69.4 Å². The van der Waals surface area contributed by atoms with Gasteiger partial charge in [-0.15, -0.1) is 22.7 Å². The van der Waals surface area contributed by atoms with E-state index in [4.69, 9.17) is 0 Å². The molecule has 0 amide bonds. The molecule has 27 heavy (non-hydrogen) atoms. The first-order chi connectivity index (χ1) is 13.0. The first-order valence-corrected chi connectivity index (χ1v) is 10.1. The fourth-order valence-electron chi connectivity index (χ4n) is 3.58. The van der Waals surface area contributed by atoms with E-state index in [0.717, 1.165) is 35.5 Å². The van der Waals surface area contributed by atoms with Gasteiger partial charge in [-0.3, -0.25) is 4.79 Å². The van der Waals surface area contributed by atoms with Crippen LogP contribution in [0.15, 0.2) is 48.5 Å². The van der Waals surface area contributed by atoms with Gasteiger partial charge in [-0.05, 0) is 26.0 Å². The summed E-state index contributed by atoms with van der Waals surface area (Å²) < 4.78 is 2.06. The van der Waals surface area contributed by atoms with Crippen molar-refractivity contribution in [1.29, 1.82) is 0 Å². The summed E-state index contributed by atoms with van der Waals surface area (Å²) in [6.07, 6.45) is 0.691. The van der Waals surface area contributed by atoms with Gasteiger partial charge in [0.05, 0.1) is 5.57 Å². The molecule has 5 heteroatoms. The van der Waals surface area contributed by atoms with Crippen molar-refractivity contribution in [3.63, 3.8) is 0 Å². The highest BCUT2D eigenvalue weighted by molar-refractivity contribution is 7.19. The van der Waals surface area contributed by atoms with Crippen molar-refractivity contribution >= 4 is 66.2 Å². The topological polar surface area (TPSA) is 54.4 Å². The molecule has 0 aliphatic heterocycles. The van der Waals surface area contributed by atoms with Crippen LogP contribution in [0.3, 0.4) is 0 Å². The van der Waals surface area contributed by atoms with E-state index in [9.17, 15) is 14.7 Å². The number of benzene rings is 2. The van der Waals surface area contributed by atoms with Gasteiger partial charge in [0, 0.05) is 46.6 Å². The van der Waals surface area contributed by atoms with Crippen LogP contribution in [0.5, 0.6) is 0 Å². The van der Waals surface area contributed by atoms with Crippen LogP contribution in [0.4, 0.5) is 0 Å². The molecule has 0 bridgehead atoms. The third-order valence-corrected chi connectivity index (χ3v) is 6.84. The minimum atomic E-state index is -1.08. The standard InChI is InChI=1S/C22H16O3S2/c1-12-19(14-7-3-5-9-17(14)26-12)16(11-23)21(22(24)25)20-13(2)27-18-10-6-4-8-15(18)20/h3-11H,1-2H3,(H,24,25)/b21-16+. The van der Waals surface area contributed by atoms with Crippen LogP contribution in [-0.2, 0) is 9.59 Å². The molecule has 0 radical (unpaired) electrons. The van der Waals surface area contributed by atoms with Crippen molar-refractivity contribution < 1.29 is 14.7 Å². The number of hydrogen-bond donors (Lipinski definition) is 1. The summed E-state index contributed by atoms with van der Waals surface area (Å²) in [7, 11) is 0. The number of carboxylic acid groups (broad SMARTS) is 1. The molecule has 3 nitrogen and oxygen atoms in total. The second-order valence-corrected chi connectivity index (χ2v) is 8.78. The number of aryl methyl sites for hydroxylation is 2. The zero-order valence-corrected chi connectivity index (χ0v) is 16.4. The van der Waals surface area contributed by atoms with E-state index in [1.165, 1.54) is 0 Å². The highest BCUT2D eigenvalue weighted by atomic mass is 32.1. The monoisotopic (exact) mass is 392 g/mol. The zero-order valence-electron chi connectivity index (χ0n) is 14.8. The molecule has 0 aliphatic rings. The fourth-order valence-corrected chi connectivity index (χ4v) is 5.73. The molecule has 4 rings (SSSR count). The zero-order chi connectivity index (χ0) is 19.1. The molecular weight excluding hydrogens is 376 g/mol. The van der Waals surface area contributed by atoms with Crippen LogP contribution >= 0.6 is 22.7 Å². The van der Waals surface area contributed by atoms with E-state index >= 15 is 0 Å². The van der Waals surface area contributed by atoms with Gasteiger partial charge in [0.25, 0.3) is 0 Å². The number of rotatable bonds is 4. The van der Waals surface area contributed by atoms with Crippen LogP contribution in [0.1, 0.15) is 20.9 Å². The van der Waals surface area contributed by atoms with Crippen LogP contribution in [0.2, 0.25) is 0 Å². The Balaban J connectivity index is 2.14. The first-order valence-electron chi connectivity index (χ1n) is 8.42. The van der Waals surface area contributed by atoms with Gasteiger partial charge in [0.2, 0.25) is 0 Å². The predicted molar refractivity (Wildman–Crippen MR) is 114 cm³/mol. The van der Waals surface area contributed by atoms with E-state index in [-0.39, 0.29) is 11.1 Å². The number of carbonyl (C=O) groups is 2. The SMILES string of the molecule is Cc1sc2ccccc2c1/C(C=O)=C(/C(=O)O)c1c(C)sc2ccccc12. The number of allylic oxidation sites excluding steroid dienone is 1. The first kappa shape index (κ1) is 17.6. The molecule has 1 N–H and O–H groups in total. The lowest BCUT2D eigenvalue weighted by Gasteiger charge is -2.10. The predicted octanol–water partition coefficient (Wildman–Crippen LogP) is 5.93. The van der Waals surface area contributed by atoms with Gasteiger partial charge in [0.1, 0.15) is 0 Å². The minimum absolute atomic E-state index is 0.0756. The lowest BCUT2D eigenvalue weighted by Crippen LogP contribution is -2.05. The van der Waals surface area contributed by atoms with Crippen LogP contribution in [-0.4, -0.2) is 17.4 Å². The molecule has 0 saturated heterocycles. The molecule has 0 saturated carbocycles. The maximum atomic E-state index is 12.3. The summed E-state index contributed by atoms with van der Waals surface area (Å²) in [6.45, 7) is 3.84. The molecule has 0 fully saturated rings. The fraction of sp³-hybridized carbons (Fsp3) is 0.0909. The Kier molecular flexibility index (Phi) is 4.42. The highest BCUT2D eigenvalue weighted by Gasteiger charge is 2.26. The summed E-state index contributed by atoms with van der Waals surface area (Å²) in [5.74, 6) is -1.08. The minimum Gasteiger partial charge on any atom is -0.478 e. The van der Waals surface area contributed by atoms with Gasteiger partial charge in [-0.1, -0.05) is 36.4 Å². The Morgan fingerprint density at radius 1 is 0.852 bits per heavy atom. The van der Waals surface area contributed by atoms with E-state index < -0.39 is 5.97 Å². The summed E-state index contributed by atoms with van der Waals surface area (Å²) in [5, 5.41) is 11.9. The molecule has 4 aromatic rings. The maximum Gasteiger partial charge on any atom is 0.337 e. The third kappa shape index (κ3) is 2.80. The molecule has 2 aromatic carbocycles. The van der Waals surface area contributed by atoms with E-state index in [1.54, 1.807) is 22.7 Å². The molecule has 0 atom stereocenters. The molecular formula is C22H16O3S2. The number of thiophene rings is 2. The average molecular weight is 393 g/mol. The van der Waals surface area contributed by atoms with Crippen LogP contribution in [0, 0.1) is 13.8 Å². The Morgan fingerprint density at radius 3 is 1.85 bits per heavy atom. The number of carboxylic acids is 1. The Hall–Kier alpha value is -2.76. The lowest BCUT2D eigenvalue weighted by molar-refractivity contribution is -0.130. The third-order valence-electron chi connectivity index (χ3n) is 4.66. The summed E-state index contributed by atoms with van der Waals surface area (Å²) in [4.78, 5) is 26.3. The van der Waals surface area contributed by atoms with Gasteiger partial charge in [-0.25, -0.2) is 4.79 Å². The largest absolute Gasteiger partial charge is 0.478 e. The number of carbonyl (C=O) groups excluding carboxylic acids is 1. The second kappa shape index (κ2) is 6.76. The number of fused-ring (bicyclic) bond motifs is 2. The lowest BCUT2D eigenvalue weighted by atomic mass is 9.92. The number of aliphatic carboxylic acids is 1. The molecule has 2 aromatic heterocycles. The van der Waals surface area contributed by atoms with E-state index in [1.807, 2.05) is 62.4 Å². The molecule has 2 heterocycles. The van der Waals surface area contributed by atoms with Gasteiger partial charge < -0.3 is 5.11 Å². The van der Waals surface area contributed by atoms with Gasteiger partial charge in [0.15, 0.2) is 6.29 Å². The van der Waals surface area contributed by atoms with Crippen molar-refractivity contribution in [2.45, 2.75) is 13.8 Å². The average Bonchev–Trinajstić information content (AvgIpc) is 3.15. The Labute approximate surface area is 164 Å². The normalized spacial score (nSPS) is 12.4. The number of aldehydes is 1. The quantitative estimate of drug-likeness (QED) is 0.346. The number of hydrogen-bond acceptors (Lipinski definition) is 4. The molecule has 134 valence electrons. The van der Waals surface area contributed by atoms with E-state index in [0.29, 0.717) is 11.8 Å². The van der Waals surface area contributed by atoms with Crippen molar-refractivity contribution in [2.24, 2.45) is 0 Å². The second-order valence-electron chi connectivity index (χ2n) is 6.27. The Bertz CT molecular complexity index is 1240. The molecule has 0 unspecified atom stereocenters. The summed E-state index contributed by atoms with van der Waals surface area (Å²) in [5.41, 5.74) is 1.67. The van der Waals surface area contributed by atoms with Crippen molar-refractivity contribution in [2.75, 3.05) is 0 Å². The molecule has 0 aliphatic carbocycles. The summed E-state index contributed by atoms with van der Waals surface area (Å²) >= 11 is 3.12. The molecule has 0 spiro atoms. The van der Waals surface area contributed by atoms with Gasteiger partial charge >= 0.3 is 5.97 Å². The smallest absolute Gasteiger partial charge is 0.337 e. The van der Waals surface area contributed by atoms with E-state index in [2.05, 4.69) is 0 Å². The van der Waals surface area contributed by atoms with Crippen molar-refractivity contribution in [1.82, 2.24) is 0 Å². The highest BCUT2D eigenvalue weighted by Crippen LogP contribution is 2.42. The van der Waals surface area contributed by atoms with Crippen LogP contribution in [0.25, 0.3) is 31.3 Å². The Morgan fingerprint density at radius 2 is 1.33 bits per heavy atom. The van der Waals surface area contributed by atoms with Crippen molar-refractivity contribution in [3.8, 4) is 0 Å². The summed E-state index contributed by atoms with van der Waals surface area (Å²) in [6, 6.07) is 15.5. The maximum absolute atomic E-state index is 12.3. The van der Waals surface area contributed by atoms with Crippen LogP contribution < -0.4 is 0 Å². The van der Waals surface area contributed by atoms with Gasteiger partial charge in [-0.2, -0.15) is 0 Å².